The minimum atomic E-state index is -0.632. The van der Waals surface area contributed by atoms with Gasteiger partial charge in [-0.2, -0.15) is 0 Å². The molecule has 86 valence electrons. The molecule has 0 radical (unpaired) electrons. The van der Waals surface area contributed by atoms with Crippen LogP contribution in [-0.4, -0.2) is 55.6 Å². The number of hydrogen-bond donors (Lipinski definition) is 0. The van der Waals surface area contributed by atoms with Gasteiger partial charge in [-0.25, -0.2) is 0 Å². The fourth-order valence-electron chi connectivity index (χ4n) is 1.80. The number of morpholine rings is 1. The Morgan fingerprint density at radius 2 is 2.00 bits per heavy atom. The van der Waals surface area contributed by atoms with Crippen molar-refractivity contribution >= 4 is 5.91 Å². The third-order valence-corrected chi connectivity index (χ3v) is 2.61. The lowest BCUT2D eigenvalue weighted by molar-refractivity contribution is -0.162. The highest BCUT2D eigenvalue weighted by molar-refractivity contribution is 5.81. The average molecular weight is 215 g/mol. The summed E-state index contributed by atoms with van der Waals surface area (Å²) in [5.74, 6) is -0.615. The van der Waals surface area contributed by atoms with Crippen molar-refractivity contribution < 1.29 is 19.0 Å². The predicted octanol–water partition coefficient (Wildman–Crippen LogP) is -0.00330. The minimum absolute atomic E-state index is 0.0175. The number of rotatable bonds is 1. The van der Waals surface area contributed by atoms with Crippen molar-refractivity contribution in [2.45, 2.75) is 25.7 Å². The second-order valence-corrected chi connectivity index (χ2v) is 4.25. The van der Waals surface area contributed by atoms with E-state index in [9.17, 15) is 4.79 Å². The fraction of sp³-hybridized carbons (Fsp3) is 0.900. The molecule has 0 unspecified atom stereocenters. The van der Waals surface area contributed by atoms with Crippen LogP contribution in [0.25, 0.3) is 0 Å². The van der Waals surface area contributed by atoms with Crippen LogP contribution in [0.3, 0.4) is 0 Å². The molecule has 0 spiro atoms. The van der Waals surface area contributed by atoms with E-state index in [4.69, 9.17) is 14.2 Å². The number of amides is 1. The van der Waals surface area contributed by atoms with E-state index >= 15 is 0 Å². The third-order valence-electron chi connectivity index (χ3n) is 2.61. The van der Waals surface area contributed by atoms with Crippen molar-refractivity contribution in [3.8, 4) is 0 Å². The Morgan fingerprint density at radius 3 is 2.53 bits per heavy atom. The molecule has 15 heavy (non-hydrogen) atoms. The van der Waals surface area contributed by atoms with Crippen LogP contribution in [0.5, 0.6) is 0 Å². The molecule has 0 aliphatic carbocycles. The molecule has 0 aromatic rings. The molecule has 0 aromatic carbocycles. The molecule has 1 amide bonds. The van der Waals surface area contributed by atoms with Crippen molar-refractivity contribution in [3.05, 3.63) is 0 Å². The molecule has 2 fully saturated rings. The minimum Gasteiger partial charge on any atom is -0.378 e. The van der Waals surface area contributed by atoms with Gasteiger partial charge in [-0.15, -0.1) is 0 Å². The van der Waals surface area contributed by atoms with Gasteiger partial charge in [0.1, 0.15) is 0 Å². The maximum atomic E-state index is 12.0. The van der Waals surface area contributed by atoms with Crippen LogP contribution < -0.4 is 0 Å². The molecule has 5 nitrogen and oxygen atoms in total. The zero-order valence-electron chi connectivity index (χ0n) is 9.19. The number of carbonyl (C=O) groups excluding carboxylic acids is 1. The van der Waals surface area contributed by atoms with Crippen molar-refractivity contribution in [1.29, 1.82) is 0 Å². The maximum absolute atomic E-state index is 12.0. The zero-order chi connectivity index (χ0) is 10.9. The number of hydrogen-bond acceptors (Lipinski definition) is 4. The SMILES string of the molecule is CC1(C)OC[C@H](C(=O)N2CCOCC2)O1. The highest BCUT2D eigenvalue weighted by Gasteiger charge is 2.39. The Labute approximate surface area is 89.3 Å². The van der Waals surface area contributed by atoms with Crippen LogP contribution in [0.15, 0.2) is 0 Å². The molecule has 2 rings (SSSR count). The highest BCUT2D eigenvalue weighted by atomic mass is 16.7. The van der Waals surface area contributed by atoms with E-state index in [1.54, 1.807) is 4.90 Å². The molecule has 2 saturated heterocycles. The van der Waals surface area contributed by atoms with Gasteiger partial charge in [0.2, 0.25) is 0 Å². The van der Waals surface area contributed by atoms with E-state index in [1.807, 2.05) is 13.8 Å². The van der Waals surface area contributed by atoms with Crippen molar-refractivity contribution in [2.75, 3.05) is 32.9 Å². The molecule has 0 bridgehead atoms. The van der Waals surface area contributed by atoms with Crippen molar-refractivity contribution in [1.82, 2.24) is 4.90 Å². The van der Waals surface area contributed by atoms with Crippen LogP contribution >= 0.6 is 0 Å². The summed E-state index contributed by atoms with van der Waals surface area (Å²) in [4.78, 5) is 13.7. The van der Waals surface area contributed by atoms with Crippen LogP contribution in [0.1, 0.15) is 13.8 Å². The molecular formula is C10H17NO4. The molecule has 2 heterocycles. The Kier molecular flexibility index (Phi) is 2.95. The first kappa shape index (κ1) is 10.9. The Morgan fingerprint density at radius 1 is 1.33 bits per heavy atom. The summed E-state index contributed by atoms with van der Waals surface area (Å²) in [6, 6.07) is 0. The standard InChI is InChI=1S/C10H17NO4/c1-10(2)14-7-8(15-10)9(12)11-3-5-13-6-4-11/h8H,3-7H2,1-2H3/t8-/m1/s1. The number of ether oxygens (including phenoxy) is 3. The first-order valence-corrected chi connectivity index (χ1v) is 5.27. The first-order valence-electron chi connectivity index (χ1n) is 5.27. The van der Waals surface area contributed by atoms with Crippen LogP contribution in [0.2, 0.25) is 0 Å². The average Bonchev–Trinajstić information content (AvgIpc) is 2.59. The van der Waals surface area contributed by atoms with Gasteiger partial charge >= 0.3 is 0 Å². The van der Waals surface area contributed by atoms with Gasteiger partial charge in [0.05, 0.1) is 19.8 Å². The molecule has 0 N–H and O–H groups in total. The summed E-state index contributed by atoms with van der Waals surface area (Å²) in [6.45, 7) is 6.52. The molecule has 0 saturated carbocycles. The van der Waals surface area contributed by atoms with E-state index in [-0.39, 0.29) is 5.91 Å². The lowest BCUT2D eigenvalue weighted by Crippen LogP contribution is -2.46. The number of nitrogens with zero attached hydrogens (tertiary/aromatic N) is 1. The smallest absolute Gasteiger partial charge is 0.254 e. The number of carbonyl (C=O) groups is 1. The topological polar surface area (TPSA) is 48.0 Å². The Bertz CT molecular complexity index is 248. The largest absolute Gasteiger partial charge is 0.378 e. The van der Waals surface area contributed by atoms with Gasteiger partial charge in [0, 0.05) is 13.1 Å². The van der Waals surface area contributed by atoms with Crippen LogP contribution in [0.4, 0.5) is 0 Å². The normalized spacial score (nSPS) is 30.5. The third kappa shape index (κ3) is 2.48. The lowest BCUT2D eigenvalue weighted by Gasteiger charge is -2.28. The lowest BCUT2D eigenvalue weighted by atomic mass is 10.3. The maximum Gasteiger partial charge on any atom is 0.254 e. The van der Waals surface area contributed by atoms with Gasteiger partial charge in [-0.1, -0.05) is 0 Å². The highest BCUT2D eigenvalue weighted by Crippen LogP contribution is 2.23. The zero-order valence-corrected chi connectivity index (χ0v) is 9.19. The van der Waals surface area contributed by atoms with Gasteiger partial charge in [-0.3, -0.25) is 4.79 Å². The molecule has 0 aromatic heterocycles. The molecule has 2 aliphatic heterocycles. The fourth-order valence-corrected chi connectivity index (χ4v) is 1.80. The molecular weight excluding hydrogens is 198 g/mol. The van der Waals surface area contributed by atoms with Gasteiger partial charge in [0.15, 0.2) is 11.9 Å². The first-order chi connectivity index (χ1) is 7.08. The van der Waals surface area contributed by atoms with E-state index in [1.165, 1.54) is 0 Å². The van der Waals surface area contributed by atoms with Crippen LogP contribution in [0, 0.1) is 0 Å². The quantitative estimate of drug-likeness (QED) is 0.617. The van der Waals surface area contributed by atoms with Gasteiger partial charge in [0.25, 0.3) is 5.91 Å². The van der Waals surface area contributed by atoms with Gasteiger partial charge < -0.3 is 19.1 Å². The summed E-state index contributed by atoms with van der Waals surface area (Å²) in [7, 11) is 0. The molecule has 2 aliphatic rings. The van der Waals surface area contributed by atoms with Crippen LogP contribution in [-0.2, 0) is 19.0 Å². The molecule has 1 atom stereocenters. The monoisotopic (exact) mass is 215 g/mol. The second-order valence-electron chi connectivity index (χ2n) is 4.25. The van der Waals surface area contributed by atoms with E-state index in [0.717, 1.165) is 0 Å². The summed E-state index contributed by atoms with van der Waals surface area (Å²) >= 11 is 0. The predicted molar refractivity (Wildman–Crippen MR) is 52.3 cm³/mol. The van der Waals surface area contributed by atoms with Gasteiger partial charge in [-0.05, 0) is 13.8 Å². The Hall–Kier alpha value is -0.650. The second kappa shape index (κ2) is 4.08. The van der Waals surface area contributed by atoms with E-state index in [2.05, 4.69) is 0 Å². The summed E-state index contributed by atoms with van der Waals surface area (Å²) < 4.78 is 16.1. The summed E-state index contributed by atoms with van der Waals surface area (Å²) in [6.07, 6.45) is -0.446. The summed E-state index contributed by atoms with van der Waals surface area (Å²) in [5, 5.41) is 0. The van der Waals surface area contributed by atoms with E-state index in [0.29, 0.717) is 32.9 Å². The molecule has 5 heteroatoms. The van der Waals surface area contributed by atoms with Crippen molar-refractivity contribution in [3.63, 3.8) is 0 Å². The summed E-state index contributed by atoms with van der Waals surface area (Å²) in [5.41, 5.74) is 0. The van der Waals surface area contributed by atoms with E-state index < -0.39 is 11.9 Å². The van der Waals surface area contributed by atoms with Crippen molar-refractivity contribution in [2.24, 2.45) is 0 Å². The Balaban J connectivity index is 1.90.